The number of carbonyl (C=O) groups is 2. The lowest BCUT2D eigenvalue weighted by Gasteiger charge is -2.26. The van der Waals surface area contributed by atoms with E-state index in [0.717, 1.165) is 55.1 Å². The van der Waals surface area contributed by atoms with Crippen LogP contribution >= 0.6 is 47.2 Å². The molecule has 0 atom stereocenters. The Kier molecular flexibility index (Phi) is 11.2. The number of thiocarbonyl (C=S) groups is 1. The van der Waals surface area contributed by atoms with Gasteiger partial charge >= 0.3 is 5.97 Å². The number of amides is 1. The van der Waals surface area contributed by atoms with Crippen LogP contribution in [0.25, 0.3) is 17.2 Å². The monoisotopic (exact) mass is 672 g/mol. The molecule has 0 aromatic heterocycles. The summed E-state index contributed by atoms with van der Waals surface area (Å²) >= 11 is 19.6. The number of hydrogen-bond donors (Lipinski definition) is 1. The second-order valence-corrected chi connectivity index (χ2v) is 12.6. The number of thioether (sulfide) groups is 1. The Morgan fingerprint density at radius 1 is 1.00 bits per heavy atom. The number of hydrogen-bond acceptors (Lipinski definition) is 8. The van der Waals surface area contributed by atoms with Crippen LogP contribution in [-0.4, -0.2) is 83.7 Å². The van der Waals surface area contributed by atoms with Gasteiger partial charge in [-0.3, -0.25) is 14.6 Å². The summed E-state index contributed by atoms with van der Waals surface area (Å²) < 4.78 is 17.3. The molecule has 5 rings (SSSR count). The molecular weight excluding hydrogens is 643 g/mol. The third-order valence-corrected chi connectivity index (χ3v) is 9.00. The van der Waals surface area contributed by atoms with Crippen LogP contribution in [-0.2, 0) is 20.7 Å². The molecule has 12 heteroatoms. The number of nitrogens with zero attached hydrogens (tertiary/aromatic N) is 2. The second-order valence-electron chi connectivity index (χ2n) is 10.1. The largest absolute Gasteiger partial charge is 0.492 e. The summed E-state index contributed by atoms with van der Waals surface area (Å²) in [5.41, 5.74) is 3.36. The maximum Gasteiger partial charge on any atom is 0.341 e. The summed E-state index contributed by atoms with van der Waals surface area (Å²) in [5.74, 6) is -0.0346. The van der Waals surface area contributed by atoms with Crippen LogP contribution < -0.4 is 9.47 Å². The van der Waals surface area contributed by atoms with Gasteiger partial charge in [-0.05, 0) is 60.0 Å². The Hall–Kier alpha value is -3.12. The third kappa shape index (κ3) is 8.53. The highest BCUT2D eigenvalue weighted by Gasteiger charge is 2.31. The Bertz CT molecular complexity index is 1560. The van der Waals surface area contributed by atoms with Crippen molar-refractivity contribution in [2.75, 3.05) is 52.6 Å². The fourth-order valence-corrected chi connectivity index (χ4v) is 6.59. The lowest BCUT2D eigenvalue weighted by Crippen LogP contribution is -2.38. The minimum absolute atomic E-state index is 0.154. The molecule has 0 saturated carbocycles. The fraction of sp³-hybridized carbons (Fsp3) is 0.281. The SMILES string of the molecule is O=C(O)COc1ccc(CCN2C(=O)C(=Cc3ccc(OCCN4CCOCC4)c(-c4ccc(Cl)cc4Cl)c3)SC2=S)cc1. The van der Waals surface area contributed by atoms with E-state index in [2.05, 4.69) is 4.90 Å². The van der Waals surface area contributed by atoms with Crippen molar-refractivity contribution in [1.29, 1.82) is 0 Å². The maximum atomic E-state index is 13.3. The lowest BCUT2D eigenvalue weighted by molar-refractivity contribution is -0.139. The van der Waals surface area contributed by atoms with Crippen molar-refractivity contribution in [2.45, 2.75) is 6.42 Å². The van der Waals surface area contributed by atoms with E-state index >= 15 is 0 Å². The predicted octanol–water partition coefficient (Wildman–Crippen LogP) is 6.28. The Morgan fingerprint density at radius 2 is 1.77 bits per heavy atom. The van der Waals surface area contributed by atoms with Crippen LogP contribution in [0.3, 0.4) is 0 Å². The van der Waals surface area contributed by atoms with Crippen molar-refractivity contribution in [3.63, 3.8) is 0 Å². The predicted molar refractivity (Wildman–Crippen MR) is 178 cm³/mol. The van der Waals surface area contributed by atoms with Gasteiger partial charge in [0.15, 0.2) is 6.61 Å². The van der Waals surface area contributed by atoms with Crippen LogP contribution in [0.2, 0.25) is 10.0 Å². The smallest absolute Gasteiger partial charge is 0.341 e. The molecule has 2 aliphatic heterocycles. The van der Waals surface area contributed by atoms with Crippen LogP contribution in [0.15, 0.2) is 65.6 Å². The van der Waals surface area contributed by atoms with E-state index in [1.807, 2.05) is 42.5 Å². The number of carboxylic acid groups (broad SMARTS) is 1. The number of ether oxygens (including phenoxy) is 3. The van der Waals surface area contributed by atoms with Gasteiger partial charge in [0.05, 0.1) is 23.1 Å². The molecule has 3 aromatic rings. The molecule has 2 fully saturated rings. The molecule has 2 aliphatic rings. The van der Waals surface area contributed by atoms with E-state index < -0.39 is 12.6 Å². The van der Waals surface area contributed by atoms with Crippen LogP contribution in [0.4, 0.5) is 0 Å². The summed E-state index contributed by atoms with van der Waals surface area (Å²) in [6.45, 7) is 4.52. The summed E-state index contributed by atoms with van der Waals surface area (Å²) in [4.78, 5) is 28.5. The molecular formula is C32H30Cl2N2O6S2. The van der Waals surface area contributed by atoms with Crippen molar-refractivity contribution >= 4 is 69.5 Å². The zero-order valence-electron chi connectivity index (χ0n) is 23.7. The number of rotatable bonds is 12. The molecule has 0 radical (unpaired) electrons. The number of benzene rings is 3. The van der Waals surface area contributed by atoms with Crippen molar-refractivity contribution < 1.29 is 28.9 Å². The number of carbonyl (C=O) groups excluding carboxylic acids is 1. The lowest BCUT2D eigenvalue weighted by atomic mass is 10.0. The zero-order valence-corrected chi connectivity index (χ0v) is 26.8. The van der Waals surface area contributed by atoms with Crippen molar-refractivity contribution in [2.24, 2.45) is 0 Å². The van der Waals surface area contributed by atoms with Crippen LogP contribution in [0.5, 0.6) is 11.5 Å². The second kappa shape index (κ2) is 15.2. The molecule has 2 saturated heterocycles. The first-order valence-corrected chi connectivity index (χ1v) is 16.0. The van der Waals surface area contributed by atoms with Gasteiger partial charge in [0.1, 0.15) is 22.4 Å². The van der Waals surface area contributed by atoms with E-state index in [9.17, 15) is 9.59 Å². The molecule has 230 valence electrons. The fourth-order valence-electron chi connectivity index (χ4n) is 4.77. The summed E-state index contributed by atoms with van der Waals surface area (Å²) in [7, 11) is 0. The molecule has 0 aliphatic carbocycles. The Morgan fingerprint density at radius 3 is 2.50 bits per heavy atom. The highest BCUT2D eigenvalue weighted by molar-refractivity contribution is 8.26. The molecule has 2 heterocycles. The minimum Gasteiger partial charge on any atom is -0.492 e. The standard InChI is InChI=1S/C32H30Cl2N2O6S2/c33-23-4-7-25(27(34)19-23)26-17-22(3-8-28(26)41-16-13-35-11-14-40-15-12-35)18-29-31(39)36(32(43)44-29)10-9-21-1-5-24(6-2-21)42-20-30(37)38/h1-8,17-19H,9-16,20H2,(H,37,38). The molecule has 1 N–H and O–H groups in total. The van der Waals surface area contributed by atoms with E-state index in [-0.39, 0.29) is 5.91 Å². The third-order valence-electron chi connectivity index (χ3n) is 7.07. The van der Waals surface area contributed by atoms with E-state index in [4.69, 9.17) is 54.7 Å². The van der Waals surface area contributed by atoms with Crippen LogP contribution in [0, 0.1) is 0 Å². The summed E-state index contributed by atoms with van der Waals surface area (Å²) in [6, 6.07) is 18.2. The number of aliphatic carboxylic acids is 1. The summed E-state index contributed by atoms with van der Waals surface area (Å²) in [5, 5.41) is 9.81. The highest BCUT2D eigenvalue weighted by Crippen LogP contribution is 2.39. The molecule has 0 spiro atoms. The maximum absolute atomic E-state index is 13.3. The van der Waals surface area contributed by atoms with Gasteiger partial charge in [-0.2, -0.15) is 0 Å². The first-order chi connectivity index (χ1) is 21.3. The molecule has 1 amide bonds. The first kappa shape index (κ1) is 32.3. The topological polar surface area (TPSA) is 88.5 Å². The number of halogens is 2. The van der Waals surface area contributed by atoms with E-state index in [1.54, 1.807) is 29.2 Å². The number of carboxylic acids is 1. The molecule has 0 unspecified atom stereocenters. The quantitative estimate of drug-likeness (QED) is 0.176. The van der Waals surface area contributed by atoms with Crippen LogP contribution in [0.1, 0.15) is 11.1 Å². The van der Waals surface area contributed by atoms with Crippen molar-refractivity contribution in [1.82, 2.24) is 9.80 Å². The molecule has 44 heavy (non-hydrogen) atoms. The van der Waals surface area contributed by atoms with Crippen molar-refractivity contribution in [3.05, 3.63) is 86.7 Å². The summed E-state index contributed by atoms with van der Waals surface area (Å²) in [6.07, 6.45) is 2.41. The molecule has 8 nitrogen and oxygen atoms in total. The normalized spacial score (nSPS) is 16.5. The molecule has 0 bridgehead atoms. The van der Waals surface area contributed by atoms with Gasteiger partial charge in [0, 0.05) is 42.3 Å². The van der Waals surface area contributed by atoms with Gasteiger partial charge < -0.3 is 19.3 Å². The average molecular weight is 674 g/mol. The van der Waals surface area contributed by atoms with Gasteiger partial charge in [-0.25, -0.2) is 4.79 Å². The highest BCUT2D eigenvalue weighted by atomic mass is 35.5. The average Bonchev–Trinajstić information content (AvgIpc) is 3.27. The zero-order chi connectivity index (χ0) is 31.1. The van der Waals surface area contributed by atoms with Crippen molar-refractivity contribution in [3.8, 4) is 22.6 Å². The van der Waals surface area contributed by atoms with E-state index in [0.29, 0.717) is 50.3 Å². The molecule has 3 aromatic carbocycles. The first-order valence-electron chi connectivity index (χ1n) is 14.0. The van der Waals surface area contributed by atoms with Gasteiger partial charge in [0.25, 0.3) is 5.91 Å². The van der Waals surface area contributed by atoms with Gasteiger partial charge in [0.2, 0.25) is 0 Å². The van der Waals surface area contributed by atoms with Gasteiger partial charge in [-0.1, -0.05) is 71.4 Å². The minimum atomic E-state index is -1.04. The Labute approximate surface area is 275 Å². The number of morpholine rings is 1. The van der Waals surface area contributed by atoms with Gasteiger partial charge in [-0.15, -0.1) is 0 Å². The van der Waals surface area contributed by atoms with E-state index in [1.165, 1.54) is 11.8 Å². The Balaban J connectivity index is 1.29.